The van der Waals surface area contributed by atoms with Crippen molar-refractivity contribution >= 4 is 11.9 Å². The zero-order valence-electron chi connectivity index (χ0n) is 12.3. The summed E-state index contributed by atoms with van der Waals surface area (Å²) in [5, 5.41) is 12.0. The van der Waals surface area contributed by atoms with Gasteiger partial charge in [-0.25, -0.2) is 4.79 Å². The molecule has 1 aromatic rings. The summed E-state index contributed by atoms with van der Waals surface area (Å²) in [6.45, 7) is 7.24. The number of nitrogens with one attached hydrogen (secondary N) is 1. The van der Waals surface area contributed by atoms with Gasteiger partial charge in [-0.1, -0.05) is 0 Å². The van der Waals surface area contributed by atoms with E-state index in [0.29, 0.717) is 19.7 Å². The predicted octanol–water partition coefficient (Wildman–Crippen LogP) is 0.401. The third-order valence-corrected chi connectivity index (χ3v) is 3.89. The first kappa shape index (κ1) is 14.1. The third kappa shape index (κ3) is 3.07. The lowest BCUT2D eigenvalue weighted by atomic mass is 10.1. The van der Waals surface area contributed by atoms with Gasteiger partial charge >= 0.3 is 6.09 Å². The molecule has 0 aliphatic carbocycles. The van der Waals surface area contributed by atoms with E-state index in [4.69, 9.17) is 4.74 Å². The molecule has 7 nitrogen and oxygen atoms in total. The van der Waals surface area contributed by atoms with Crippen LogP contribution in [0.15, 0.2) is 6.07 Å². The first-order valence-corrected chi connectivity index (χ1v) is 7.50. The van der Waals surface area contributed by atoms with Gasteiger partial charge in [0.05, 0.1) is 18.8 Å². The lowest BCUT2D eigenvalue weighted by Gasteiger charge is -2.30. The highest BCUT2D eigenvalue weighted by atomic mass is 16.6. The molecule has 0 bridgehead atoms. The molecule has 1 amide bonds. The van der Waals surface area contributed by atoms with Gasteiger partial charge in [-0.2, -0.15) is 5.10 Å². The number of ether oxygens (including phenoxy) is 1. The maximum Gasteiger partial charge on any atom is 0.410 e. The molecule has 1 saturated heterocycles. The molecular formula is C14H21N5O2. The molecule has 0 spiro atoms. The smallest absolute Gasteiger partial charge is 0.410 e. The topological polar surface area (TPSA) is 70.6 Å². The number of rotatable bonds is 2. The Morgan fingerprint density at radius 1 is 1.33 bits per heavy atom. The van der Waals surface area contributed by atoms with Gasteiger partial charge in [-0.05, 0) is 18.6 Å². The van der Waals surface area contributed by atoms with Crippen LogP contribution < -0.4 is 10.2 Å². The molecule has 0 atom stereocenters. The van der Waals surface area contributed by atoms with Gasteiger partial charge in [-0.15, -0.1) is 5.10 Å². The van der Waals surface area contributed by atoms with E-state index in [-0.39, 0.29) is 6.09 Å². The lowest BCUT2D eigenvalue weighted by molar-refractivity contribution is 0.102. The van der Waals surface area contributed by atoms with Gasteiger partial charge in [-0.3, -0.25) is 0 Å². The van der Waals surface area contributed by atoms with Crippen molar-refractivity contribution in [3.8, 4) is 0 Å². The molecule has 1 fully saturated rings. The molecule has 2 aliphatic rings. The van der Waals surface area contributed by atoms with Gasteiger partial charge in [0, 0.05) is 39.1 Å². The SMILES string of the molecule is CCOC(=O)N1CCc2nnc(N3CCNCC3)cc2C1. The van der Waals surface area contributed by atoms with Crippen molar-refractivity contribution in [1.29, 1.82) is 0 Å². The molecule has 114 valence electrons. The monoisotopic (exact) mass is 291 g/mol. The number of hydrogen-bond donors (Lipinski definition) is 1. The minimum absolute atomic E-state index is 0.247. The average Bonchev–Trinajstić information content (AvgIpc) is 2.55. The van der Waals surface area contributed by atoms with Crippen LogP contribution in [0.2, 0.25) is 0 Å². The molecule has 0 aromatic carbocycles. The van der Waals surface area contributed by atoms with Crippen molar-refractivity contribution in [2.24, 2.45) is 0 Å². The molecule has 0 unspecified atom stereocenters. The Morgan fingerprint density at radius 2 is 2.14 bits per heavy atom. The first-order valence-electron chi connectivity index (χ1n) is 7.50. The third-order valence-electron chi connectivity index (χ3n) is 3.89. The van der Waals surface area contributed by atoms with Gasteiger partial charge < -0.3 is 19.9 Å². The van der Waals surface area contributed by atoms with Crippen LogP contribution in [0.25, 0.3) is 0 Å². The van der Waals surface area contributed by atoms with Crippen LogP contribution >= 0.6 is 0 Å². The van der Waals surface area contributed by atoms with Crippen LogP contribution in [0.4, 0.5) is 10.6 Å². The number of nitrogens with zero attached hydrogens (tertiary/aromatic N) is 4. The Balaban J connectivity index is 1.75. The van der Waals surface area contributed by atoms with Crippen molar-refractivity contribution < 1.29 is 9.53 Å². The fourth-order valence-corrected chi connectivity index (χ4v) is 2.74. The minimum atomic E-state index is -0.247. The number of aromatic nitrogens is 2. The molecule has 2 aliphatic heterocycles. The molecule has 1 aromatic heterocycles. The van der Waals surface area contributed by atoms with Gasteiger partial charge in [0.1, 0.15) is 0 Å². The van der Waals surface area contributed by atoms with Crippen LogP contribution in [-0.2, 0) is 17.7 Å². The molecule has 3 heterocycles. The quantitative estimate of drug-likeness (QED) is 0.850. The summed E-state index contributed by atoms with van der Waals surface area (Å²) >= 11 is 0. The summed E-state index contributed by atoms with van der Waals surface area (Å²) < 4.78 is 5.08. The van der Waals surface area contributed by atoms with Gasteiger partial charge in [0.25, 0.3) is 0 Å². The van der Waals surface area contributed by atoms with Crippen LogP contribution in [0.3, 0.4) is 0 Å². The normalized spacial score (nSPS) is 18.3. The Kier molecular flexibility index (Phi) is 4.19. The molecule has 0 radical (unpaired) electrons. The van der Waals surface area contributed by atoms with Crippen LogP contribution in [-0.4, -0.2) is 60.5 Å². The van der Waals surface area contributed by atoms with E-state index in [9.17, 15) is 4.79 Å². The van der Waals surface area contributed by atoms with Crippen molar-refractivity contribution in [3.63, 3.8) is 0 Å². The number of hydrogen-bond acceptors (Lipinski definition) is 6. The summed E-state index contributed by atoms with van der Waals surface area (Å²) in [4.78, 5) is 15.8. The summed E-state index contributed by atoms with van der Waals surface area (Å²) in [6, 6.07) is 2.07. The van der Waals surface area contributed by atoms with Crippen molar-refractivity contribution in [1.82, 2.24) is 20.4 Å². The molecule has 3 rings (SSSR count). The fraction of sp³-hybridized carbons (Fsp3) is 0.643. The number of piperazine rings is 1. The van der Waals surface area contributed by atoms with E-state index in [1.807, 2.05) is 6.92 Å². The van der Waals surface area contributed by atoms with Crippen molar-refractivity contribution in [2.45, 2.75) is 19.9 Å². The lowest BCUT2D eigenvalue weighted by Crippen LogP contribution is -2.44. The second-order valence-corrected chi connectivity index (χ2v) is 5.28. The second-order valence-electron chi connectivity index (χ2n) is 5.28. The molecule has 0 saturated carbocycles. The largest absolute Gasteiger partial charge is 0.450 e. The van der Waals surface area contributed by atoms with Gasteiger partial charge in [0.2, 0.25) is 0 Å². The second kappa shape index (κ2) is 6.26. The molecular weight excluding hydrogens is 270 g/mol. The Bertz CT molecular complexity index is 516. The Labute approximate surface area is 124 Å². The number of carbonyl (C=O) groups excluding carboxylic acids is 1. The number of amides is 1. The van der Waals surface area contributed by atoms with Crippen LogP contribution in [0.5, 0.6) is 0 Å². The number of carbonyl (C=O) groups is 1. The summed E-state index contributed by atoms with van der Waals surface area (Å²) in [5.41, 5.74) is 2.08. The van der Waals surface area contributed by atoms with E-state index < -0.39 is 0 Å². The highest BCUT2D eigenvalue weighted by molar-refractivity contribution is 5.68. The van der Waals surface area contributed by atoms with Crippen LogP contribution in [0.1, 0.15) is 18.2 Å². The van der Waals surface area contributed by atoms with Gasteiger partial charge in [0.15, 0.2) is 5.82 Å². The van der Waals surface area contributed by atoms with E-state index in [2.05, 4.69) is 26.5 Å². The standard InChI is InChI=1S/C14H21N5O2/c1-2-21-14(20)19-6-3-12-11(10-19)9-13(17-16-12)18-7-4-15-5-8-18/h9,15H,2-8,10H2,1H3. The summed E-state index contributed by atoms with van der Waals surface area (Å²) in [6.07, 6.45) is 0.492. The van der Waals surface area contributed by atoms with E-state index in [0.717, 1.165) is 49.7 Å². The predicted molar refractivity (Wildman–Crippen MR) is 78.3 cm³/mol. The molecule has 21 heavy (non-hydrogen) atoms. The first-order chi connectivity index (χ1) is 10.3. The zero-order chi connectivity index (χ0) is 14.7. The number of fused-ring (bicyclic) bond motifs is 1. The molecule has 1 N–H and O–H groups in total. The Hall–Kier alpha value is -1.89. The fourth-order valence-electron chi connectivity index (χ4n) is 2.74. The maximum atomic E-state index is 11.8. The van der Waals surface area contributed by atoms with E-state index in [1.165, 1.54) is 0 Å². The zero-order valence-corrected chi connectivity index (χ0v) is 12.3. The highest BCUT2D eigenvalue weighted by Gasteiger charge is 2.24. The Morgan fingerprint density at radius 3 is 2.90 bits per heavy atom. The minimum Gasteiger partial charge on any atom is -0.450 e. The van der Waals surface area contributed by atoms with Crippen LogP contribution in [0, 0.1) is 0 Å². The molecule has 7 heteroatoms. The summed E-state index contributed by atoms with van der Waals surface area (Å²) in [5.74, 6) is 0.904. The van der Waals surface area contributed by atoms with Crippen molar-refractivity contribution in [2.75, 3.05) is 44.2 Å². The number of anilines is 1. The average molecular weight is 291 g/mol. The summed E-state index contributed by atoms with van der Waals surface area (Å²) in [7, 11) is 0. The highest BCUT2D eigenvalue weighted by Crippen LogP contribution is 2.21. The van der Waals surface area contributed by atoms with E-state index >= 15 is 0 Å². The van der Waals surface area contributed by atoms with E-state index in [1.54, 1.807) is 4.90 Å². The maximum absolute atomic E-state index is 11.8. The van der Waals surface area contributed by atoms with Crippen molar-refractivity contribution in [3.05, 3.63) is 17.3 Å².